The van der Waals surface area contributed by atoms with Crippen LogP contribution in [0.15, 0.2) is 48.0 Å². The second-order valence-electron chi connectivity index (χ2n) is 6.53. The number of nitrogens with one attached hydrogen (secondary N) is 1. The predicted octanol–water partition coefficient (Wildman–Crippen LogP) is 4.23. The van der Waals surface area contributed by atoms with Gasteiger partial charge >= 0.3 is 0 Å². The van der Waals surface area contributed by atoms with Gasteiger partial charge in [0.15, 0.2) is 16.5 Å². The van der Waals surface area contributed by atoms with Gasteiger partial charge < -0.3 is 19.5 Å². The molecule has 0 saturated carbocycles. The fourth-order valence-corrected chi connectivity index (χ4v) is 4.01. The second kappa shape index (κ2) is 7.34. The minimum atomic E-state index is -0.360. The molecule has 0 fully saturated rings. The highest BCUT2D eigenvalue weighted by Gasteiger charge is 2.23. The van der Waals surface area contributed by atoms with Gasteiger partial charge in [-0.3, -0.25) is 9.20 Å². The molecule has 0 radical (unpaired) electrons. The molecule has 7 nitrogen and oxygen atoms in total. The molecule has 1 aliphatic heterocycles. The quantitative estimate of drug-likeness (QED) is 0.530. The van der Waals surface area contributed by atoms with Gasteiger partial charge in [-0.1, -0.05) is 0 Å². The first-order chi connectivity index (χ1) is 14.6. The monoisotopic (exact) mass is 425 g/mol. The molecule has 1 aliphatic rings. The minimum absolute atomic E-state index is 0.339. The maximum atomic E-state index is 13.4. The van der Waals surface area contributed by atoms with Crippen molar-refractivity contribution >= 4 is 28.0 Å². The van der Waals surface area contributed by atoms with Crippen molar-refractivity contribution in [2.75, 3.05) is 25.6 Å². The van der Waals surface area contributed by atoms with Gasteiger partial charge in [0.05, 0.1) is 7.11 Å². The summed E-state index contributed by atoms with van der Waals surface area (Å²) in [4.78, 5) is 18.4. The fraction of sp³-hybridized carbons (Fsp3) is 0.143. The Labute approximate surface area is 174 Å². The van der Waals surface area contributed by atoms with Gasteiger partial charge in [0.2, 0.25) is 5.75 Å². The van der Waals surface area contributed by atoms with Gasteiger partial charge in [-0.25, -0.2) is 9.37 Å². The van der Waals surface area contributed by atoms with Crippen molar-refractivity contribution < 1.29 is 23.4 Å². The molecule has 0 bridgehead atoms. The molecule has 0 atom stereocenters. The van der Waals surface area contributed by atoms with Crippen LogP contribution in [0.1, 0.15) is 10.4 Å². The molecular formula is C21H16FN3O4S. The van der Waals surface area contributed by atoms with Gasteiger partial charge in [-0.15, -0.1) is 11.3 Å². The number of nitrogens with zero attached hydrogens (tertiary/aromatic N) is 2. The number of methoxy groups -OCH3 is 1. The largest absolute Gasteiger partial charge is 0.493 e. The first-order valence-electron chi connectivity index (χ1n) is 9.14. The van der Waals surface area contributed by atoms with Crippen molar-refractivity contribution in [3.05, 3.63) is 59.4 Å². The van der Waals surface area contributed by atoms with Crippen LogP contribution in [0.4, 0.5) is 10.2 Å². The van der Waals surface area contributed by atoms with Crippen molar-refractivity contribution in [2.45, 2.75) is 0 Å². The first-order valence-corrected chi connectivity index (χ1v) is 10.0. The highest BCUT2D eigenvalue weighted by molar-refractivity contribution is 7.15. The van der Waals surface area contributed by atoms with Crippen LogP contribution in [-0.2, 0) is 0 Å². The Morgan fingerprint density at radius 1 is 1.23 bits per heavy atom. The maximum absolute atomic E-state index is 13.4. The van der Waals surface area contributed by atoms with E-state index in [1.165, 1.54) is 30.6 Å². The number of hydrogen-bond donors (Lipinski definition) is 1. The van der Waals surface area contributed by atoms with Crippen LogP contribution in [0.2, 0.25) is 0 Å². The average molecular weight is 425 g/mol. The summed E-state index contributed by atoms with van der Waals surface area (Å²) in [5, 5.41) is 4.80. The van der Waals surface area contributed by atoms with Crippen molar-refractivity contribution in [3.63, 3.8) is 0 Å². The molecule has 4 aromatic rings. The Hall–Kier alpha value is -3.59. The zero-order valence-electron chi connectivity index (χ0n) is 15.8. The number of carbonyl (C=O) groups excluding carboxylic acids is 1. The summed E-state index contributed by atoms with van der Waals surface area (Å²) in [6.07, 6.45) is 1.82. The number of thiazole rings is 1. The lowest BCUT2D eigenvalue weighted by Crippen LogP contribution is -2.18. The van der Waals surface area contributed by atoms with E-state index in [9.17, 15) is 9.18 Å². The van der Waals surface area contributed by atoms with E-state index < -0.39 is 0 Å². The number of fused-ring (bicyclic) bond motifs is 2. The number of benzene rings is 2. The Balaban J connectivity index is 1.54. The van der Waals surface area contributed by atoms with E-state index in [1.54, 1.807) is 28.7 Å². The van der Waals surface area contributed by atoms with Gasteiger partial charge in [-0.05, 0) is 36.4 Å². The standard InChI is InChI=1S/C21H16FN3O4S/c1-27-15-10-13(11-16-18(15)29-8-7-28-16)20(26)24-19-17(12-2-4-14(22)5-3-12)23-21-25(19)6-9-30-21/h2-6,9-11H,7-8H2,1H3,(H,24,26). The number of rotatable bonds is 4. The van der Waals surface area contributed by atoms with E-state index in [0.29, 0.717) is 58.1 Å². The van der Waals surface area contributed by atoms with Crippen LogP contribution < -0.4 is 19.5 Å². The Bertz CT molecular complexity index is 1230. The number of hydrogen-bond acceptors (Lipinski definition) is 6. The molecular weight excluding hydrogens is 409 g/mol. The number of carbonyl (C=O) groups is 1. The Morgan fingerprint density at radius 3 is 2.83 bits per heavy atom. The van der Waals surface area contributed by atoms with Crippen LogP contribution in [0.3, 0.4) is 0 Å². The van der Waals surface area contributed by atoms with Crippen molar-refractivity contribution in [1.82, 2.24) is 9.38 Å². The van der Waals surface area contributed by atoms with Gasteiger partial charge in [0.25, 0.3) is 5.91 Å². The summed E-state index contributed by atoms with van der Waals surface area (Å²) in [5.41, 5.74) is 1.60. The molecule has 2 aromatic carbocycles. The molecule has 0 saturated heterocycles. The molecule has 3 heterocycles. The van der Waals surface area contributed by atoms with Crippen LogP contribution in [-0.4, -0.2) is 35.6 Å². The van der Waals surface area contributed by atoms with Crippen molar-refractivity contribution in [2.24, 2.45) is 0 Å². The lowest BCUT2D eigenvalue weighted by molar-refractivity contribution is 0.102. The first kappa shape index (κ1) is 18.4. The number of ether oxygens (including phenoxy) is 3. The van der Waals surface area contributed by atoms with Crippen molar-refractivity contribution in [3.8, 4) is 28.5 Å². The molecule has 0 aliphatic carbocycles. The highest BCUT2D eigenvalue weighted by Crippen LogP contribution is 2.40. The average Bonchev–Trinajstić information content (AvgIpc) is 3.36. The summed E-state index contributed by atoms with van der Waals surface area (Å²) in [7, 11) is 1.51. The summed E-state index contributed by atoms with van der Waals surface area (Å²) in [6, 6.07) is 9.21. The summed E-state index contributed by atoms with van der Waals surface area (Å²) < 4.78 is 31.7. The Morgan fingerprint density at radius 2 is 2.03 bits per heavy atom. The van der Waals surface area contributed by atoms with Crippen molar-refractivity contribution in [1.29, 1.82) is 0 Å². The topological polar surface area (TPSA) is 74.1 Å². The van der Waals surface area contributed by atoms with Gasteiger partial charge in [0.1, 0.15) is 30.5 Å². The van der Waals surface area contributed by atoms with E-state index in [1.807, 2.05) is 11.6 Å². The van der Waals surface area contributed by atoms with Gasteiger partial charge in [0, 0.05) is 22.7 Å². The lowest BCUT2D eigenvalue weighted by atomic mass is 10.1. The normalized spacial score (nSPS) is 12.7. The molecule has 1 N–H and O–H groups in total. The van der Waals surface area contributed by atoms with Crippen LogP contribution in [0.25, 0.3) is 16.2 Å². The lowest BCUT2D eigenvalue weighted by Gasteiger charge is -2.21. The smallest absolute Gasteiger partial charge is 0.257 e. The molecule has 0 spiro atoms. The third kappa shape index (κ3) is 3.13. The number of imidazole rings is 1. The van der Waals surface area contributed by atoms with Gasteiger partial charge in [-0.2, -0.15) is 0 Å². The molecule has 2 aromatic heterocycles. The highest BCUT2D eigenvalue weighted by atomic mass is 32.1. The number of anilines is 1. The minimum Gasteiger partial charge on any atom is -0.493 e. The Kier molecular flexibility index (Phi) is 4.51. The fourth-order valence-electron chi connectivity index (χ4n) is 3.30. The molecule has 9 heteroatoms. The summed E-state index contributed by atoms with van der Waals surface area (Å²) in [6.45, 7) is 0.815. The van der Waals surface area contributed by atoms with E-state index in [4.69, 9.17) is 14.2 Å². The SMILES string of the molecule is COc1cc(C(=O)Nc2c(-c3ccc(F)cc3)nc3sccn23)cc2c1OCCO2. The molecule has 5 rings (SSSR count). The molecule has 1 amide bonds. The van der Waals surface area contributed by atoms with E-state index in [0.717, 1.165) is 0 Å². The number of amides is 1. The van der Waals surface area contributed by atoms with E-state index in [-0.39, 0.29) is 11.7 Å². The summed E-state index contributed by atoms with van der Waals surface area (Å²) in [5.74, 6) is 1.16. The molecule has 30 heavy (non-hydrogen) atoms. The van der Waals surface area contributed by atoms with E-state index >= 15 is 0 Å². The van der Waals surface area contributed by atoms with Crippen LogP contribution in [0.5, 0.6) is 17.2 Å². The summed E-state index contributed by atoms with van der Waals surface area (Å²) >= 11 is 1.44. The molecule has 0 unspecified atom stereocenters. The number of halogens is 1. The second-order valence-corrected chi connectivity index (χ2v) is 7.40. The zero-order chi connectivity index (χ0) is 20.7. The van der Waals surface area contributed by atoms with Crippen LogP contribution in [0, 0.1) is 5.82 Å². The number of aromatic nitrogens is 2. The molecule has 152 valence electrons. The van der Waals surface area contributed by atoms with E-state index in [2.05, 4.69) is 10.3 Å². The zero-order valence-corrected chi connectivity index (χ0v) is 16.7. The third-order valence-corrected chi connectivity index (χ3v) is 5.46. The predicted molar refractivity (Wildman–Crippen MR) is 110 cm³/mol. The maximum Gasteiger partial charge on any atom is 0.257 e. The van der Waals surface area contributed by atoms with Crippen LogP contribution >= 0.6 is 11.3 Å². The third-order valence-electron chi connectivity index (χ3n) is 4.70.